The minimum absolute atomic E-state index is 0.157. The van der Waals surface area contributed by atoms with Crippen molar-refractivity contribution >= 4 is 33.5 Å². The Morgan fingerprint density at radius 2 is 2.35 bits per heavy atom. The smallest absolute Gasteiger partial charge is 0.408 e. The van der Waals surface area contributed by atoms with Crippen molar-refractivity contribution in [2.75, 3.05) is 11.9 Å². The van der Waals surface area contributed by atoms with Crippen LogP contribution in [0.25, 0.3) is 22.4 Å². The Morgan fingerprint density at radius 1 is 1.43 bits per heavy atom. The summed E-state index contributed by atoms with van der Waals surface area (Å²) >= 11 is 1.34. The molecule has 2 aromatic heterocycles. The third kappa shape index (κ3) is 2.78. The second-order valence-electron chi connectivity index (χ2n) is 5.25. The first-order valence-corrected chi connectivity index (χ1v) is 8.08. The van der Waals surface area contributed by atoms with Crippen LogP contribution in [0, 0.1) is 0 Å². The van der Waals surface area contributed by atoms with Gasteiger partial charge in [0.15, 0.2) is 10.7 Å². The Bertz CT molecular complexity index is 920. The molecule has 1 aliphatic rings. The van der Waals surface area contributed by atoms with Crippen LogP contribution in [0.3, 0.4) is 0 Å². The quantitative estimate of drug-likeness (QED) is 0.768. The fourth-order valence-electron chi connectivity index (χ4n) is 2.54. The lowest BCUT2D eigenvalue weighted by Gasteiger charge is -2.07. The van der Waals surface area contributed by atoms with Crippen molar-refractivity contribution in [3.63, 3.8) is 0 Å². The van der Waals surface area contributed by atoms with Crippen LogP contribution in [0.2, 0.25) is 0 Å². The van der Waals surface area contributed by atoms with Gasteiger partial charge in [-0.15, -0.1) is 11.3 Å². The predicted molar refractivity (Wildman–Crippen MR) is 85.5 cm³/mol. The van der Waals surface area contributed by atoms with E-state index in [0.717, 1.165) is 18.4 Å². The minimum atomic E-state index is -0.486. The van der Waals surface area contributed by atoms with Crippen molar-refractivity contribution in [3.8, 4) is 11.3 Å². The number of thiazole rings is 1. The highest BCUT2D eigenvalue weighted by atomic mass is 32.1. The molecule has 1 unspecified atom stereocenters. The summed E-state index contributed by atoms with van der Waals surface area (Å²) < 4.78 is 10.4. The average Bonchev–Trinajstić information content (AvgIpc) is 3.26. The molecule has 8 heteroatoms. The number of aromatic nitrogens is 2. The molecule has 7 nitrogen and oxygen atoms in total. The number of nitrogens with zero attached hydrogens (tertiary/aromatic N) is 1. The molecule has 0 aliphatic carbocycles. The fraction of sp³-hybridized carbons (Fsp3) is 0.267. The molecule has 1 aliphatic heterocycles. The number of oxazole rings is 1. The van der Waals surface area contributed by atoms with E-state index < -0.39 is 5.76 Å². The summed E-state index contributed by atoms with van der Waals surface area (Å²) in [5.74, 6) is -0.643. The zero-order chi connectivity index (χ0) is 15.8. The molecule has 1 amide bonds. The Morgan fingerprint density at radius 3 is 3.17 bits per heavy atom. The number of nitrogens with one attached hydrogen (secondary N) is 2. The molecule has 2 N–H and O–H groups in total. The maximum atomic E-state index is 12.0. The standard InChI is InChI=1S/C15H13N3O4S/c19-13(11-2-1-5-21-11)18-14-16-10(7-23-14)8-3-4-9-12(6-8)22-15(20)17-9/h3-4,6-7,11H,1-2,5H2,(H,17,20)(H,16,18,19). The third-order valence-electron chi connectivity index (χ3n) is 3.67. The van der Waals surface area contributed by atoms with Crippen molar-refractivity contribution in [2.24, 2.45) is 0 Å². The highest BCUT2D eigenvalue weighted by Crippen LogP contribution is 2.27. The normalized spacial score (nSPS) is 17.7. The van der Waals surface area contributed by atoms with Crippen molar-refractivity contribution in [1.29, 1.82) is 0 Å². The molecule has 23 heavy (non-hydrogen) atoms. The number of benzene rings is 1. The summed E-state index contributed by atoms with van der Waals surface area (Å²) in [6.45, 7) is 0.628. The molecular formula is C15H13N3O4S. The fourth-order valence-corrected chi connectivity index (χ4v) is 3.26. The van der Waals surface area contributed by atoms with E-state index in [9.17, 15) is 9.59 Å². The monoisotopic (exact) mass is 331 g/mol. The van der Waals surface area contributed by atoms with E-state index >= 15 is 0 Å². The van der Waals surface area contributed by atoms with Crippen LogP contribution < -0.4 is 11.1 Å². The lowest BCUT2D eigenvalue weighted by Crippen LogP contribution is -2.26. The van der Waals surface area contributed by atoms with E-state index in [1.807, 2.05) is 11.4 Å². The molecule has 3 aromatic rings. The number of hydrogen-bond acceptors (Lipinski definition) is 6. The van der Waals surface area contributed by atoms with E-state index in [4.69, 9.17) is 9.15 Å². The molecular weight excluding hydrogens is 318 g/mol. The van der Waals surface area contributed by atoms with Crippen molar-refractivity contribution < 1.29 is 13.9 Å². The molecule has 0 radical (unpaired) electrons. The lowest BCUT2D eigenvalue weighted by molar-refractivity contribution is -0.124. The van der Waals surface area contributed by atoms with E-state index in [-0.39, 0.29) is 12.0 Å². The highest BCUT2D eigenvalue weighted by Gasteiger charge is 2.24. The van der Waals surface area contributed by atoms with Gasteiger partial charge in [0.25, 0.3) is 5.91 Å². The van der Waals surface area contributed by atoms with Crippen molar-refractivity contribution in [3.05, 3.63) is 34.1 Å². The Labute approximate surface area is 134 Å². The van der Waals surface area contributed by atoms with Gasteiger partial charge in [0.1, 0.15) is 6.10 Å². The summed E-state index contributed by atoms with van der Waals surface area (Å²) in [5, 5.41) is 5.15. The second-order valence-corrected chi connectivity index (χ2v) is 6.11. The number of amides is 1. The van der Waals surface area contributed by atoms with Crippen LogP contribution in [0.15, 0.2) is 32.8 Å². The Hall–Kier alpha value is -2.45. The van der Waals surface area contributed by atoms with Crippen LogP contribution in [0.5, 0.6) is 0 Å². The average molecular weight is 331 g/mol. The first kappa shape index (κ1) is 14.2. The third-order valence-corrected chi connectivity index (χ3v) is 4.43. The van der Waals surface area contributed by atoms with Gasteiger partial charge in [-0.05, 0) is 25.0 Å². The molecule has 1 saturated heterocycles. The molecule has 0 bridgehead atoms. The molecule has 3 heterocycles. The van der Waals surface area contributed by atoms with Gasteiger partial charge in [0.2, 0.25) is 0 Å². The first-order valence-electron chi connectivity index (χ1n) is 7.20. The van der Waals surface area contributed by atoms with E-state index in [2.05, 4.69) is 15.3 Å². The number of anilines is 1. The van der Waals surface area contributed by atoms with Gasteiger partial charge in [-0.3, -0.25) is 15.1 Å². The van der Waals surface area contributed by atoms with Crippen LogP contribution >= 0.6 is 11.3 Å². The minimum Gasteiger partial charge on any atom is -0.408 e. The topological polar surface area (TPSA) is 97.2 Å². The van der Waals surface area contributed by atoms with E-state index in [1.54, 1.807) is 12.1 Å². The van der Waals surface area contributed by atoms with Crippen LogP contribution in [0.1, 0.15) is 12.8 Å². The van der Waals surface area contributed by atoms with Gasteiger partial charge in [-0.25, -0.2) is 9.78 Å². The summed E-state index contributed by atoms with van der Waals surface area (Å²) in [5.41, 5.74) is 2.64. The highest BCUT2D eigenvalue weighted by molar-refractivity contribution is 7.14. The number of carbonyl (C=O) groups excluding carboxylic acids is 1. The number of hydrogen-bond donors (Lipinski definition) is 2. The summed E-state index contributed by atoms with van der Waals surface area (Å²) in [6.07, 6.45) is 1.27. The maximum Gasteiger partial charge on any atom is 0.417 e. The van der Waals surface area contributed by atoms with Gasteiger partial charge >= 0.3 is 5.76 Å². The van der Waals surface area contributed by atoms with Crippen molar-refractivity contribution in [2.45, 2.75) is 18.9 Å². The van der Waals surface area contributed by atoms with Gasteiger partial charge in [-0.2, -0.15) is 0 Å². The number of H-pyrrole nitrogens is 1. The first-order chi connectivity index (χ1) is 11.2. The van der Waals surface area contributed by atoms with E-state index in [0.29, 0.717) is 28.5 Å². The number of aromatic amines is 1. The summed E-state index contributed by atoms with van der Waals surface area (Å²) in [6, 6.07) is 5.35. The number of ether oxygens (including phenoxy) is 1. The maximum absolute atomic E-state index is 12.0. The molecule has 4 rings (SSSR count). The van der Waals surface area contributed by atoms with Crippen LogP contribution in [-0.4, -0.2) is 28.6 Å². The largest absolute Gasteiger partial charge is 0.417 e. The molecule has 1 aromatic carbocycles. The molecule has 1 atom stereocenters. The van der Waals surface area contributed by atoms with Gasteiger partial charge in [0.05, 0.1) is 11.2 Å². The van der Waals surface area contributed by atoms with Crippen LogP contribution in [0.4, 0.5) is 5.13 Å². The Balaban J connectivity index is 1.56. The molecule has 0 saturated carbocycles. The van der Waals surface area contributed by atoms with Gasteiger partial charge < -0.3 is 9.15 Å². The number of rotatable bonds is 3. The zero-order valence-corrected chi connectivity index (χ0v) is 12.8. The lowest BCUT2D eigenvalue weighted by atomic mass is 10.1. The van der Waals surface area contributed by atoms with Crippen molar-refractivity contribution in [1.82, 2.24) is 9.97 Å². The molecule has 0 spiro atoms. The summed E-state index contributed by atoms with van der Waals surface area (Å²) in [4.78, 5) is 30.2. The predicted octanol–water partition coefficient (Wildman–Crippen LogP) is 2.36. The summed E-state index contributed by atoms with van der Waals surface area (Å²) in [7, 11) is 0. The van der Waals surface area contributed by atoms with Gasteiger partial charge in [0, 0.05) is 17.6 Å². The van der Waals surface area contributed by atoms with Gasteiger partial charge in [-0.1, -0.05) is 6.07 Å². The molecule has 118 valence electrons. The van der Waals surface area contributed by atoms with E-state index in [1.165, 1.54) is 11.3 Å². The zero-order valence-electron chi connectivity index (χ0n) is 12.0. The second kappa shape index (κ2) is 5.64. The Kier molecular flexibility index (Phi) is 3.47. The van der Waals surface area contributed by atoms with Crippen LogP contribution in [-0.2, 0) is 9.53 Å². The number of fused-ring (bicyclic) bond motifs is 1. The SMILES string of the molecule is O=C(Nc1nc(-c2ccc3[nH]c(=O)oc3c2)cs1)C1CCCO1. The molecule has 1 fully saturated rings. The number of carbonyl (C=O) groups is 1.